The van der Waals surface area contributed by atoms with Gasteiger partial charge in [-0.05, 0) is 38.1 Å². The number of carboxylic acid groups (broad SMARTS) is 1. The summed E-state index contributed by atoms with van der Waals surface area (Å²) in [5.74, 6) is -1.13. The second kappa shape index (κ2) is 6.47. The number of rotatable bonds is 4. The minimum atomic E-state index is -4.49. The van der Waals surface area contributed by atoms with Crippen LogP contribution in [0.5, 0.6) is 0 Å². The largest absolute Gasteiger partial charge is 0.478 e. The maximum atomic E-state index is 12.4. The van der Waals surface area contributed by atoms with Gasteiger partial charge in [-0.25, -0.2) is 9.59 Å². The molecule has 0 bridgehead atoms. The highest BCUT2D eigenvalue weighted by Crippen LogP contribution is 2.19. The molecule has 8 heteroatoms. The van der Waals surface area contributed by atoms with Crippen molar-refractivity contribution in [3.05, 3.63) is 29.8 Å². The summed E-state index contributed by atoms with van der Waals surface area (Å²) in [4.78, 5) is 23.2. The Bertz CT molecular complexity index is 512. The Morgan fingerprint density at radius 2 is 1.76 bits per heavy atom. The number of amides is 2. The zero-order valence-electron chi connectivity index (χ0n) is 11.4. The van der Waals surface area contributed by atoms with Crippen LogP contribution in [0.4, 0.5) is 23.7 Å². The predicted molar refractivity (Wildman–Crippen MR) is 70.3 cm³/mol. The number of carbonyl (C=O) groups is 2. The number of benzene rings is 1. The number of urea groups is 1. The van der Waals surface area contributed by atoms with Gasteiger partial charge in [0.05, 0.1) is 5.56 Å². The van der Waals surface area contributed by atoms with Crippen LogP contribution in [0.15, 0.2) is 24.3 Å². The zero-order valence-corrected chi connectivity index (χ0v) is 11.4. The molecule has 0 aliphatic carbocycles. The van der Waals surface area contributed by atoms with Crippen LogP contribution in [-0.4, -0.2) is 40.8 Å². The van der Waals surface area contributed by atoms with E-state index in [-0.39, 0.29) is 11.3 Å². The molecule has 0 unspecified atom stereocenters. The first kappa shape index (κ1) is 16.8. The fourth-order valence-corrected chi connectivity index (χ4v) is 1.57. The molecule has 1 aromatic carbocycles. The standard InChI is InChI=1S/C13H15F3N2O3/c1-8(2)18(7-13(14,15)16)12(21)17-10-5-3-9(4-6-10)11(19)20/h3-6,8H,7H2,1-2H3,(H,17,21)(H,19,20). The summed E-state index contributed by atoms with van der Waals surface area (Å²) in [5, 5.41) is 11.0. The van der Waals surface area contributed by atoms with Crippen molar-refractivity contribution in [2.24, 2.45) is 0 Å². The van der Waals surface area contributed by atoms with Gasteiger partial charge in [0.1, 0.15) is 6.54 Å². The Balaban J connectivity index is 2.79. The minimum Gasteiger partial charge on any atom is -0.478 e. The first-order chi connectivity index (χ1) is 9.60. The van der Waals surface area contributed by atoms with E-state index in [0.717, 1.165) is 0 Å². The van der Waals surface area contributed by atoms with Gasteiger partial charge >= 0.3 is 18.2 Å². The third-order valence-corrected chi connectivity index (χ3v) is 2.62. The average Bonchev–Trinajstić information content (AvgIpc) is 2.35. The number of hydrogen-bond acceptors (Lipinski definition) is 2. The van der Waals surface area contributed by atoms with Gasteiger partial charge in [0.2, 0.25) is 0 Å². The predicted octanol–water partition coefficient (Wildman–Crippen LogP) is 3.19. The Morgan fingerprint density at radius 1 is 1.24 bits per heavy atom. The van der Waals surface area contributed by atoms with Crippen LogP contribution < -0.4 is 5.32 Å². The van der Waals surface area contributed by atoms with Crippen LogP contribution in [0.2, 0.25) is 0 Å². The highest BCUT2D eigenvalue weighted by Gasteiger charge is 2.34. The summed E-state index contributed by atoms with van der Waals surface area (Å²) in [7, 11) is 0. The molecule has 0 aromatic heterocycles. The Labute approximate surface area is 119 Å². The summed E-state index contributed by atoms with van der Waals surface area (Å²) >= 11 is 0. The number of carbonyl (C=O) groups excluding carboxylic acids is 1. The van der Waals surface area contributed by atoms with Crippen LogP contribution in [-0.2, 0) is 0 Å². The molecule has 0 saturated heterocycles. The number of alkyl halides is 3. The molecule has 0 radical (unpaired) electrons. The quantitative estimate of drug-likeness (QED) is 0.897. The van der Waals surface area contributed by atoms with Crippen LogP contribution in [0.1, 0.15) is 24.2 Å². The Morgan fingerprint density at radius 3 is 2.14 bits per heavy atom. The molecule has 0 aliphatic heterocycles. The number of hydrogen-bond donors (Lipinski definition) is 2. The molecule has 0 aliphatic rings. The van der Waals surface area contributed by atoms with E-state index in [2.05, 4.69) is 5.32 Å². The van der Waals surface area contributed by atoms with Crippen molar-refractivity contribution < 1.29 is 27.9 Å². The van der Waals surface area contributed by atoms with E-state index in [0.29, 0.717) is 4.90 Å². The lowest BCUT2D eigenvalue weighted by Crippen LogP contribution is -2.45. The highest BCUT2D eigenvalue weighted by molar-refractivity contribution is 5.91. The van der Waals surface area contributed by atoms with E-state index in [1.807, 2.05) is 0 Å². The first-order valence-corrected chi connectivity index (χ1v) is 6.08. The smallest absolute Gasteiger partial charge is 0.406 e. The first-order valence-electron chi connectivity index (χ1n) is 6.08. The van der Waals surface area contributed by atoms with Crippen LogP contribution in [0, 0.1) is 0 Å². The molecule has 21 heavy (non-hydrogen) atoms. The van der Waals surface area contributed by atoms with E-state index < -0.39 is 30.8 Å². The van der Waals surface area contributed by atoms with Crippen molar-refractivity contribution in [2.45, 2.75) is 26.1 Å². The van der Waals surface area contributed by atoms with E-state index in [9.17, 15) is 22.8 Å². The number of nitrogens with zero attached hydrogens (tertiary/aromatic N) is 1. The molecule has 0 fully saturated rings. The van der Waals surface area contributed by atoms with Crippen molar-refractivity contribution in [1.82, 2.24) is 4.90 Å². The van der Waals surface area contributed by atoms with Crippen molar-refractivity contribution in [3.8, 4) is 0 Å². The minimum absolute atomic E-state index is 0.0176. The summed E-state index contributed by atoms with van der Waals surface area (Å²) in [6.45, 7) is 1.58. The molecule has 0 spiro atoms. The summed E-state index contributed by atoms with van der Waals surface area (Å²) < 4.78 is 37.3. The third-order valence-electron chi connectivity index (χ3n) is 2.62. The highest BCUT2D eigenvalue weighted by atomic mass is 19.4. The molecule has 1 aromatic rings. The van der Waals surface area contributed by atoms with Gasteiger partial charge in [0.15, 0.2) is 0 Å². The normalized spacial score (nSPS) is 11.3. The van der Waals surface area contributed by atoms with Gasteiger partial charge < -0.3 is 15.3 Å². The lowest BCUT2D eigenvalue weighted by Gasteiger charge is -2.27. The molecule has 2 N–H and O–H groups in total. The van der Waals surface area contributed by atoms with Crippen molar-refractivity contribution >= 4 is 17.7 Å². The summed E-state index contributed by atoms with van der Waals surface area (Å²) in [6.07, 6.45) is -4.49. The summed E-state index contributed by atoms with van der Waals surface area (Å²) in [6, 6.07) is 3.60. The number of halogens is 3. The number of nitrogens with one attached hydrogen (secondary N) is 1. The van der Waals surface area contributed by atoms with Crippen LogP contribution in [0.25, 0.3) is 0 Å². The maximum Gasteiger partial charge on any atom is 0.406 e. The van der Waals surface area contributed by atoms with Crippen molar-refractivity contribution in [2.75, 3.05) is 11.9 Å². The Kier molecular flexibility index (Phi) is 5.17. The SMILES string of the molecule is CC(C)N(CC(F)(F)F)C(=O)Nc1ccc(C(=O)O)cc1. The molecule has 0 heterocycles. The third kappa shape index (κ3) is 5.33. The van der Waals surface area contributed by atoms with Gasteiger partial charge in [-0.2, -0.15) is 13.2 Å². The van der Waals surface area contributed by atoms with Crippen LogP contribution >= 0.6 is 0 Å². The van der Waals surface area contributed by atoms with Gasteiger partial charge in [-0.1, -0.05) is 0 Å². The summed E-state index contributed by atoms with van der Waals surface area (Å²) in [5.41, 5.74) is 0.238. The monoisotopic (exact) mass is 304 g/mol. The second-order valence-corrected chi connectivity index (χ2v) is 4.65. The molecule has 2 amide bonds. The number of carboxylic acids is 1. The lowest BCUT2D eigenvalue weighted by atomic mass is 10.2. The van der Waals surface area contributed by atoms with Gasteiger partial charge in [-0.3, -0.25) is 0 Å². The van der Waals surface area contributed by atoms with Gasteiger partial charge in [-0.15, -0.1) is 0 Å². The molecule has 116 valence electrons. The topological polar surface area (TPSA) is 69.6 Å². The van der Waals surface area contributed by atoms with Crippen molar-refractivity contribution in [1.29, 1.82) is 0 Å². The number of aromatic carboxylic acids is 1. The molecule has 0 saturated carbocycles. The molecule has 5 nitrogen and oxygen atoms in total. The molecular weight excluding hydrogens is 289 g/mol. The van der Waals surface area contributed by atoms with Crippen molar-refractivity contribution in [3.63, 3.8) is 0 Å². The van der Waals surface area contributed by atoms with E-state index in [4.69, 9.17) is 5.11 Å². The molecule has 1 rings (SSSR count). The fourth-order valence-electron chi connectivity index (χ4n) is 1.57. The number of anilines is 1. The van der Waals surface area contributed by atoms with E-state index >= 15 is 0 Å². The van der Waals surface area contributed by atoms with Gasteiger partial charge in [0, 0.05) is 11.7 Å². The fraction of sp³-hybridized carbons (Fsp3) is 0.385. The maximum absolute atomic E-state index is 12.4. The van der Waals surface area contributed by atoms with Crippen LogP contribution in [0.3, 0.4) is 0 Å². The average molecular weight is 304 g/mol. The zero-order chi connectivity index (χ0) is 16.2. The second-order valence-electron chi connectivity index (χ2n) is 4.65. The lowest BCUT2D eigenvalue weighted by molar-refractivity contribution is -0.142. The Hall–Kier alpha value is -2.25. The van der Waals surface area contributed by atoms with E-state index in [1.165, 1.54) is 38.1 Å². The molecule has 0 atom stereocenters. The van der Waals surface area contributed by atoms with Gasteiger partial charge in [0.25, 0.3) is 0 Å². The van der Waals surface area contributed by atoms with E-state index in [1.54, 1.807) is 0 Å². The molecular formula is C13H15F3N2O3.